The highest BCUT2D eigenvalue weighted by Crippen LogP contribution is 2.61. The van der Waals surface area contributed by atoms with Crippen molar-refractivity contribution < 1.29 is 9.30 Å². The van der Waals surface area contributed by atoms with E-state index in [1.54, 1.807) is 7.11 Å². The SMILES string of the molecule is COc1cccc(N2CCP(=O)(C3CC3)CC2)c1. The molecule has 0 radical (unpaired) electrons. The Morgan fingerprint density at radius 2 is 2.00 bits per heavy atom. The van der Waals surface area contributed by atoms with Gasteiger partial charge in [0.25, 0.3) is 0 Å². The maximum absolute atomic E-state index is 12.6. The maximum atomic E-state index is 12.6. The third kappa shape index (κ3) is 2.29. The molecule has 0 aromatic heterocycles. The fourth-order valence-corrected chi connectivity index (χ4v) is 5.98. The Labute approximate surface area is 109 Å². The molecule has 0 unspecified atom stereocenters. The van der Waals surface area contributed by atoms with Crippen molar-refractivity contribution in [3.05, 3.63) is 24.3 Å². The van der Waals surface area contributed by atoms with E-state index in [1.807, 2.05) is 12.1 Å². The molecule has 1 aromatic carbocycles. The smallest absolute Gasteiger partial charge is 0.120 e. The van der Waals surface area contributed by atoms with Gasteiger partial charge in [0.15, 0.2) is 0 Å². The second-order valence-electron chi connectivity index (χ2n) is 5.32. The first-order chi connectivity index (χ1) is 8.71. The van der Waals surface area contributed by atoms with Crippen LogP contribution in [0.1, 0.15) is 12.8 Å². The van der Waals surface area contributed by atoms with Gasteiger partial charge in [-0.05, 0) is 25.0 Å². The molecule has 3 nitrogen and oxygen atoms in total. The molecule has 2 aliphatic rings. The van der Waals surface area contributed by atoms with Crippen molar-refractivity contribution >= 4 is 12.8 Å². The number of hydrogen-bond donors (Lipinski definition) is 0. The van der Waals surface area contributed by atoms with Crippen LogP contribution in [0.5, 0.6) is 5.75 Å². The fourth-order valence-electron chi connectivity index (χ4n) is 2.78. The summed E-state index contributed by atoms with van der Waals surface area (Å²) >= 11 is 0. The minimum atomic E-state index is -1.82. The highest BCUT2D eigenvalue weighted by atomic mass is 31.2. The zero-order valence-corrected chi connectivity index (χ0v) is 11.7. The number of methoxy groups -OCH3 is 1. The lowest BCUT2D eigenvalue weighted by Gasteiger charge is -2.34. The van der Waals surface area contributed by atoms with Crippen molar-refractivity contribution in [3.8, 4) is 5.75 Å². The Balaban J connectivity index is 1.70. The summed E-state index contributed by atoms with van der Waals surface area (Å²) in [6.07, 6.45) is 4.20. The Morgan fingerprint density at radius 1 is 1.28 bits per heavy atom. The summed E-state index contributed by atoms with van der Waals surface area (Å²) in [5, 5.41) is 0. The first kappa shape index (κ1) is 12.1. The van der Waals surface area contributed by atoms with Crippen molar-refractivity contribution in [2.24, 2.45) is 0 Å². The molecule has 1 aliphatic heterocycles. The molecular weight excluding hydrogens is 245 g/mol. The van der Waals surface area contributed by atoms with Gasteiger partial charge in [-0.2, -0.15) is 0 Å². The molecule has 4 heteroatoms. The third-order valence-electron chi connectivity index (χ3n) is 4.13. The molecule has 0 spiro atoms. The highest BCUT2D eigenvalue weighted by Gasteiger charge is 2.42. The normalized spacial score (nSPS) is 22.8. The number of anilines is 1. The Hall–Kier alpha value is -0.950. The van der Waals surface area contributed by atoms with Crippen LogP contribution in [0.15, 0.2) is 24.3 Å². The quantitative estimate of drug-likeness (QED) is 0.787. The van der Waals surface area contributed by atoms with Gasteiger partial charge < -0.3 is 14.2 Å². The largest absolute Gasteiger partial charge is 0.497 e. The predicted molar refractivity (Wildman–Crippen MR) is 75.6 cm³/mol. The van der Waals surface area contributed by atoms with E-state index in [2.05, 4.69) is 17.0 Å². The molecule has 1 heterocycles. The van der Waals surface area contributed by atoms with Crippen LogP contribution in [-0.2, 0) is 4.57 Å². The summed E-state index contributed by atoms with van der Waals surface area (Å²) in [4.78, 5) is 2.33. The van der Waals surface area contributed by atoms with E-state index in [0.29, 0.717) is 5.66 Å². The van der Waals surface area contributed by atoms with Crippen LogP contribution in [0, 0.1) is 0 Å². The van der Waals surface area contributed by atoms with E-state index < -0.39 is 7.14 Å². The van der Waals surface area contributed by atoms with Gasteiger partial charge in [-0.3, -0.25) is 0 Å². The summed E-state index contributed by atoms with van der Waals surface area (Å²) in [7, 11) is -0.133. The van der Waals surface area contributed by atoms with Crippen molar-refractivity contribution in [3.63, 3.8) is 0 Å². The molecule has 1 saturated heterocycles. The summed E-state index contributed by atoms with van der Waals surface area (Å²) in [5.41, 5.74) is 1.77. The summed E-state index contributed by atoms with van der Waals surface area (Å²) < 4.78 is 17.9. The van der Waals surface area contributed by atoms with E-state index in [0.717, 1.165) is 31.2 Å². The number of hydrogen-bond acceptors (Lipinski definition) is 3. The highest BCUT2D eigenvalue weighted by molar-refractivity contribution is 7.65. The summed E-state index contributed by atoms with van der Waals surface area (Å²) in [6.45, 7) is 1.86. The number of rotatable bonds is 3. The van der Waals surface area contributed by atoms with Crippen LogP contribution in [-0.4, -0.2) is 38.2 Å². The van der Waals surface area contributed by atoms with Crippen LogP contribution >= 0.6 is 7.14 Å². The standard InChI is InChI=1S/C14H20NO2P/c1-17-13-4-2-3-12(11-13)15-7-9-18(16,10-8-15)14-5-6-14/h2-4,11,14H,5-10H2,1H3. The molecule has 3 rings (SSSR count). The van der Waals surface area contributed by atoms with Gasteiger partial charge >= 0.3 is 0 Å². The summed E-state index contributed by atoms with van der Waals surface area (Å²) in [5.74, 6) is 0.892. The Morgan fingerprint density at radius 3 is 2.61 bits per heavy atom. The zero-order chi connectivity index (χ0) is 12.6. The lowest BCUT2D eigenvalue weighted by atomic mass is 10.2. The van der Waals surface area contributed by atoms with Crippen molar-refractivity contribution in [2.75, 3.05) is 37.4 Å². The first-order valence-electron chi connectivity index (χ1n) is 6.68. The Bertz CT molecular complexity index is 472. The topological polar surface area (TPSA) is 29.5 Å². The Kier molecular flexibility index (Phi) is 3.11. The molecule has 0 bridgehead atoms. The maximum Gasteiger partial charge on any atom is 0.120 e. The number of nitrogens with zero attached hydrogens (tertiary/aromatic N) is 1. The number of ether oxygens (including phenoxy) is 1. The van der Waals surface area contributed by atoms with E-state index in [-0.39, 0.29) is 0 Å². The molecule has 0 atom stereocenters. The van der Waals surface area contributed by atoms with E-state index in [4.69, 9.17) is 4.74 Å². The monoisotopic (exact) mass is 265 g/mol. The van der Waals surface area contributed by atoms with Crippen LogP contribution in [0.3, 0.4) is 0 Å². The number of benzene rings is 1. The predicted octanol–water partition coefficient (Wildman–Crippen LogP) is 3.04. The van der Waals surface area contributed by atoms with Crippen LogP contribution < -0.4 is 9.64 Å². The molecule has 1 aliphatic carbocycles. The molecule has 98 valence electrons. The molecule has 18 heavy (non-hydrogen) atoms. The van der Waals surface area contributed by atoms with E-state index in [1.165, 1.54) is 18.5 Å². The fraction of sp³-hybridized carbons (Fsp3) is 0.571. The van der Waals surface area contributed by atoms with Gasteiger partial charge in [-0.15, -0.1) is 0 Å². The van der Waals surface area contributed by atoms with Gasteiger partial charge in [0.05, 0.1) is 14.3 Å². The summed E-state index contributed by atoms with van der Waals surface area (Å²) in [6, 6.07) is 8.15. The van der Waals surface area contributed by atoms with Gasteiger partial charge in [0.1, 0.15) is 5.75 Å². The molecule has 2 fully saturated rings. The average Bonchev–Trinajstić information content (AvgIpc) is 3.24. The van der Waals surface area contributed by atoms with Crippen molar-refractivity contribution in [1.82, 2.24) is 0 Å². The molecule has 1 aromatic rings. The van der Waals surface area contributed by atoms with Crippen LogP contribution in [0.4, 0.5) is 5.69 Å². The molecule has 1 saturated carbocycles. The lowest BCUT2D eigenvalue weighted by Crippen LogP contribution is -2.35. The molecule has 0 N–H and O–H groups in total. The molecule has 0 amide bonds. The van der Waals surface area contributed by atoms with Gasteiger partial charge in [-0.25, -0.2) is 0 Å². The van der Waals surface area contributed by atoms with Gasteiger partial charge in [0, 0.05) is 42.8 Å². The van der Waals surface area contributed by atoms with E-state index in [9.17, 15) is 4.57 Å². The third-order valence-corrected chi connectivity index (χ3v) is 7.89. The minimum Gasteiger partial charge on any atom is -0.497 e. The minimum absolute atomic E-state index is 0.574. The second-order valence-corrected chi connectivity index (χ2v) is 8.85. The van der Waals surface area contributed by atoms with Crippen molar-refractivity contribution in [2.45, 2.75) is 18.5 Å². The van der Waals surface area contributed by atoms with Crippen molar-refractivity contribution in [1.29, 1.82) is 0 Å². The zero-order valence-electron chi connectivity index (χ0n) is 10.8. The van der Waals surface area contributed by atoms with Gasteiger partial charge in [0.2, 0.25) is 0 Å². The van der Waals surface area contributed by atoms with E-state index >= 15 is 0 Å². The lowest BCUT2D eigenvalue weighted by molar-refractivity contribution is 0.415. The molecular formula is C14H20NO2P. The average molecular weight is 265 g/mol. The van der Waals surface area contributed by atoms with Crippen LogP contribution in [0.2, 0.25) is 0 Å². The van der Waals surface area contributed by atoms with Gasteiger partial charge in [-0.1, -0.05) is 6.07 Å². The first-order valence-corrected chi connectivity index (χ1v) is 8.83. The second kappa shape index (κ2) is 4.62. The van der Waals surface area contributed by atoms with Crippen LogP contribution in [0.25, 0.3) is 0 Å².